The van der Waals surface area contributed by atoms with Gasteiger partial charge in [0.25, 0.3) is 0 Å². The molecule has 0 amide bonds. The van der Waals surface area contributed by atoms with Crippen LogP contribution in [0.5, 0.6) is 0 Å². The van der Waals surface area contributed by atoms with Gasteiger partial charge in [-0.05, 0) is 13.0 Å². The third-order valence-electron chi connectivity index (χ3n) is 0.577. The molecular formula is C4H11NS2. The Kier molecular flexibility index (Phi) is 5.26. The van der Waals surface area contributed by atoms with E-state index >= 15 is 0 Å². The van der Waals surface area contributed by atoms with Crippen LogP contribution in [0.25, 0.3) is 0 Å². The third-order valence-corrected chi connectivity index (χ3v) is 0.942. The van der Waals surface area contributed by atoms with Crippen molar-refractivity contribution in [3.63, 3.8) is 0 Å². The highest BCUT2D eigenvalue weighted by Gasteiger charge is 1.87. The van der Waals surface area contributed by atoms with E-state index < -0.39 is 0 Å². The first-order valence-corrected chi connectivity index (χ1v) is 3.40. The molecule has 0 heterocycles. The van der Waals surface area contributed by atoms with Crippen LogP contribution in [0.15, 0.2) is 0 Å². The first-order valence-electron chi connectivity index (χ1n) is 2.37. The van der Waals surface area contributed by atoms with Gasteiger partial charge >= 0.3 is 0 Å². The lowest BCUT2D eigenvalue weighted by Gasteiger charge is -2.01. The van der Waals surface area contributed by atoms with Gasteiger partial charge in [-0.3, -0.25) is 5.32 Å². The van der Waals surface area contributed by atoms with Crippen LogP contribution in [0, 0.1) is 0 Å². The number of rotatable bonds is 3. The van der Waals surface area contributed by atoms with Crippen molar-refractivity contribution in [2.24, 2.45) is 0 Å². The molecule has 0 unspecified atom stereocenters. The lowest BCUT2D eigenvalue weighted by atomic mass is 10.5. The van der Waals surface area contributed by atoms with E-state index in [-0.39, 0.29) is 4.71 Å². The Balaban J connectivity index is 2.68. The van der Waals surface area contributed by atoms with Gasteiger partial charge in [0, 0.05) is 0 Å². The zero-order valence-electron chi connectivity index (χ0n) is 4.39. The normalized spacial score (nSPS) is 10.3. The van der Waals surface area contributed by atoms with E-state index in [9.17, 15) is 0 Å². The molecule has 0 fully saturated rings. The third kappa shape index (κ3) is 6.66. The topological polar surface area (TPSA) is 12.0 Å². The highest BCUT2D eigenvalue weighted by molar-refractivity contribution is 7.99. The Morgan fingerprint density at radius 3 is 2.29 bits per heavy atom. The van der Waals surface area contributed by atoms with E-state index in [1.54, 1.807) is 0 Å². The van der Waals surface area contributed by atoms with Gasteiger partial charge < -0.3 is 0 Å². The van der Waals surface area contributed by atoms with Crippen molar-refractivity contribution in [3.8, 4) is 0 Å². The molecule has 0 saturated carbocycles. The number of hydrogen-bond acceptors (Lipinski definition) is 3. The Morgan fingerprint density at radius 1 is 1.57 bits per heavy atom. The summed E-state index contributed by atoms with van der Waals surface area (Å²) in [4.78, 5) is 0. The molecule has 0 aromatic heterocycles. The van der Waals surface area contributed by atoms with Gasteiger partial charge in [0.05, 0.1) is 4.71 Å². The maximum Gasteiger partial charge on any atom is 0.0944 e. The smallest absolute Gasteiger partial charge is 0.0944 e. The molecule has 7 heavy (non-hydrogen) atoms. The van der Waals surface area contributed by atoms with E-state index in [1.807, 2.05) is 0 Å². The summed E-state index contributed by atoms with van der Waals surface area (Å²) in [5.74, 6) is 0. The average molecular weight is 137 g/mol. The monoisotopic (exact) mass is 137 g/mol. The predicted octanol–water partition coefficient (Wildman–Crippen LogP) is 1.13. The molecular weight excluding hydrogens is 126 g/mol. The second-order valence-corrected chi connectivity index (χ2v) is 2.77. The van der Waals surface area contributed by atoms with Crippen LogP contribution < -0.4 is 5.32 Å². The summed E-state index contributed by atoms with van der Waals surface area (Å²) >= 11 is 7.97. The summed E-state index contributed by atoms with van der Waals surface area (Å²) in [6, 6.07) is 0. The van der Waals surface area contributed by atoms with Crippen molar-refractivity contribution >= 4 is 25.3 Å². The lowest BCUT2D eigenvalue weighted by Crippen LogP contribution is -2.18. The zero-order chi connectivity index (χ0) is 5.70. The molecule has 44 valence electrons. The molecule has 0 aliphatic rings. The van der Waals surface area contributed by atoms with Gasteiger partial charge in [-0.25, -0.2) is 0 Å². The fraction of sp³-hybridized carbons (Fsp3) is 1.00. The molecule has 0 rings (SSSR count). The minimum Gasteiger partial charge on any atom is -0.297 e. The lowest BCUT2D eigenvalue weighted by molar-refractivity contribution is 0.739. The van der Waals surface area contributed by atoms with Crippen LogP contribution >= 0.6 is 25.3 Å². The second-order valence-electron chi connectivity index (χ2n) is 1.33. The quantitative estimate of drug-likeness (QED) is 0.391. The standard InChI is InChI=1S/C4H11NS2/c1-2-3-5-4(6)7/h4-7H,2-3H2,1H3. The summed E-state index contributed by atoms with van der Waals surface area (Å²) in [5.41, 5.74) is 0. The first kappa shape index (κ1) is 7.66. The van der Waals surface area contributed by atoms with E-state index in [1.165, 1.54) is 0 Å². The molecule has 0 bridgehead atoms. The maximum absolute atomic E-state index is 3.99. The van der Waals surface area contributed by atoms with Crippen LogP contribution in [0.4, 0.5) is 0 Å². The van der Waals surface area contributed by atoms with Crippen molar-refractivity contribution in [2.75, 3.05) is 6.54 Å². The van der Waals surface area contributed by atoms with Crippen LogP contribution in [0.2, 0.25) is 0 Å². The van der Waals surface area contributed by atoms with Gasteiger partial charge in [-0.2, -0.15) is 0 Å². The van der Waals surface area contributed by atoms with Gasteiger partial charge in [0.2, 0.25) is 0 Å². The van der Waals surface area contributed by atoms with Gasteiger partial charge in [0.15, 0.2) is 0 Å². The van der Waals surface area contributed by atoms with E-state index in [4.69, 9.17) is 0 Å². The SMILES string of the molecule is CCCNC(S)S. The molecule has 1 nitrogen and oxygen atoms in total. The van der Waals surface area contributed by atoms with E-state index in [0.29, 0.717) is 0 Å². The van der Waals surface area contributed by atoms with E-state index in [2.05, 4.69) is 37.5 Å². The van der Waals surface area contributed by atoms with Crippen molar-refractivity contribution < 1.29 is 0 Å². The van der Waals surface area contributed by atoms with Crippen LogP contribution in [-0.2, 0) is 0 Å². The summed E-state index contributed by atoms with van der Waals surface area (Å²) in [6.45, 7) is 3.11. The Bertz CT molecular complexity index is 38.7. The highest BCUT2D eigenvalue weighted by Crippen LogP contribution is 1.92. The van der Waals surface area contributed by atoms with Gasteiger partial charge in [-0.15, -0.1) is 25.3 Å². The van der Waals surface area contributed by atoms with Crippen molar-refractivity contribution in [1.82, 2.24) is 5.32 Å². The molecule has 0 aliphatic carbocycles. The van der Waals surface area contributed by atoms with Crippen molar-refractivity contribution in [2.45, 2.75) is 18.1 Å². The number of thiol groups is 2. The zero-order valence-corrected chi connectivity index (χ0v) is 6.17. The van der Waals surface area contributed by atoms with Crippen molar-refractivity contribution in [3.05, 3.63) is 0 Å². The molecule has 3 heteroatoms. The molecule has 1 N–H and O–H groups in total. The summed E-state index contributed by atoms with van der Waals surface area (Å²) in [7, 11) is 0. The fourth-order valence-electron chi connectivity index (χ4n) is 0.273. The van der Waals surface area contributed by atoms with Crippen LogP contribution in [0.3, 0.4) is 0 Å². The number of hydrogen-bond donors (Lipinski definition) is 3. The molecule has 0 radical (unpaired) electrons. The molecule has 0 aromatic rings. The largest absolute Gasteiger partial charge is 0.297 e. The minimum atomic E-state index is 0.0416. The van der Waals surface area contributed by atoms with E-state index in [0.717, 1.165) is 13.0 Å². The number of nitrogens with one attached hydrogen (secondary N) is 1. The molecule has 0 saturated heterocycles. The minimum absolute atomic E-state index is 0.0416. The summed E-state index contributed by atoms with van der Waals surface area (Å²) in [5, 5.41) is 3.02. The fourth-order valence-corrected chi connectivity index (χ4v) is 0.532. The highest BCUT2D eigenvalue weighted by atomic mass is 32.2. The Morgan fingerprint density at radius 2 is 2.14 bits per heavy atom. The molecule has 0 spiro atoms. The molecule has 0 atom stereocenters. The Hall–Kier alpha value is 0.660. The van der Waals surface area contributed by atoms with Gasteiger partial charge in [-0.1, -0.05) is 6.92 Å². The average Bonchev–Trinajstić information content (AvgIpc) is 1.61. The molecule has 0 aliphatic heterocycles. The predicted molar refractivity (Wildman–Crippen MR) is 40.1 cm³/mol. The Labute approximate surface area is 55.7 Å². The first-order chi connectivity index (χ1) is 3.27. The van der Waals surface area contributed by atoms with Gasteiger partial charge in [0.1, 0.15) is 0 Å². The maximum atomic E-state index is 3.99. The second kappa shape index (κ2) is 4.81. The van der Waals surface area contributed by atoms with Crippen molar-refractivity contribution in [1.29, 1.82) is 0 Å². The molecule has 0 aromatic carbocycles. The summed E-state index contributed by atoms with van der Waals surface area (Å²) in [6.07, 6.45) is 1.14. The van der Waals surface area contributed by atoms with Crippen LogP contribution in [-0.4, -0.2) is 11.3 Å². The summed E-state index contributed by atoms with van der Waals surface area (Å²) < 4.78 is 0.0416. The van der Waals surface area contributed by atoms with Crippen LogP contribution in [0.1, 0.15) is 13.3 Å².